The third-order valence-electron chi connectivity index (χ3n) is 4.71. The van der Waals surface area contributed by atoms with Crippen molar-refractivity contribution in [3.05, 3.63) is 64.2 Å². The van der Waals surface area contributed by atoms with Gasteiger partial charge >= 0.3 is 12.0 Å². The molecule has 1 heterocycles. The number of hydrogen-bond acceptors (Lipinski definition) is 3. The number of aryl methyl sites for hydroxylation is 1. The smallest absolute Gasteiger partial charge is 0.337 e. The fraction of sp³-hybridized carbons (Fsp3) is 0.300. The lowest BCUT2D eigenvalue weighted by molar-refractivity contribution is 0.0600. The van der Waals surface area contributed by atoms with Gasteiger partial charge in [-0.05, 0) is 48.7 Å². The summed E-state index contributed by atoms with van der Waals surface area (Å²) in [5, 5.41) is 3.67. The van der Waals surface area contributed by atoms with E-state index in [0.717, 1.165) is 22.6 Å². The van der Waals surface area contributed by atoms with E-state index in [2.05, 4.69) is 5.32 Å². The van der Waals surface area contributed by atoms with Crippen molar-refractivity contribution in [3.8, 4) is 0 Å². The van der Waals surface area contributed by atoms with E-state index >= 15 is 0 Å². The molecule has 0 bridgehead atoms. The summed E-state index contributed by atoms with van der Waals surface area (Å²) >= 11 is 6.28. The van der Waals surface area contributed by atoms with E-state index in [1.807, 2.05) is 31.2 Å². The van der Waals surface area contributed by atoms with Gasteiger partial charge in [0.2, 0.25) is 0 Å². The van der Waals surface area contributed by atoms with E-state index in [1.165, 1.54) is 7.11 Å². The van der Waals surface area contributed by atoms with Crippen LogP contribution in [0.25, 0.3) is 0 Å². The summed E-state index contributed by atoms with van der Waals surface area (Å²) in [5.41, 5.74) is 3.04. The van der Waals surface area contributed by atoms with Crippen LogP contribution in [0.15, 0.2) is 42.5 Å². The molecular weight excluding hydrogens is 352 g/mol. The van der Waals surface area contributed by atoms with Gasteiger partial charge in [0.15, 0.2) is 0 Å². The van der Waals surface area contributed by atoms with Crippen LogP contribution in [0.5, 0.6) is 0 Å². The maximum atomic E-state index is 12.6. The molecule has 5 nitrogen and oxygen atoms in total. The summed E-state index contributed by atoms with van der Waals surface area (Å²) < 4.78 is 4.71. The highest BCUT2D eigenvalue weighted by molar-refractivity contribution is 6.31. The lowest BCUT2D eigenvalue weighted by Crippen LogP contribution is -2.33. The van der Waals surface area contributed by atoms with Gasteiger partial charge in [-0.1, -0.05) is 29.8 Å². The quantitative estimate of drug-likeness (QED) is 0.809. The molecule has 0 saturated carbocycles. The summed E-state index contributed by atoms with van der Waals surface area (Å²) in [6.45, 7) is 3.16. The molecule has 136 valence electrons. The second kappa shape index (κ2) is 7.79. The van der Waals surface area contributed by atoms with Crippen molar-refractivity contribution in [1.82, 2.24) is 4.90 Å². The Kier molecular flexibility index (Phi) is 5.47. The highest BCUT2D eigenvalue weighted by atomic mass is 35.5. The molecule has 0 aliphatic carbocycles. The van der Waals surface area contributed by atoms with E-state index in [9.17, 15) is 9.59 Å². The van der Waals surface area contributed by atoms with Gasteiger partial charge < -0.3 is 15.0 Å². The first-order chi connectivity index (χ1) is 12.5. The van der Waals surface area contributed by atoms with Crippen LogP contribution < -0.4 is 5.32 Å². The van der Waals surface area contributed by atoms with Crippen molar-refractivity contribution < 1.29 is 14.3 Å². The standard InChI is InChI=1S/C20H21ClN2O3/c1-13-11-14(19(24)26-2)7-8-18(13)22-20(25)23-10-9-15(12-23)16-5-3-4-6-17(16)21/h3-8,11,15H,9-10,12H2,1-2H3,(H,22,25)/t15-/m0/s1. The number of ether oxygens (including phenoxy) is 1. The molecule has 0 unspecified atom stereocenters. The molecule has 1 saturated heterocycles. The van der Waals surface area contributed by atoms with Crippen molar-refractivity contribution in [2.45, 2.75) is 19.3 Å². The molecular formula is C20H21ClN2O3. The summed E-state index contributed by atoms with van der Waals surface area (Å²) in [5.74, 6) is -0.148. The van der Waals surface area contributed by atoms with E-state index in [1.54, 1.807) is 23.1 Å². The number of methoxy groups -OCH3 is 1. The van der Waals surface area contributed by atoms with Crippen LogP contribution >= 0.6 is 11.6 Å². The Morgan fingerprint density at radius 3 is 2.69 bits per heavy atom. The van der Waals surface area contributed by atoms with Crippen molar-refractivity contribution in [3.63, 3.8) is 0 Å². The number of likely N-dealkylation sites (tertiary alicyclic amines) is 1. The van der Waals surface area contributed by atoms with Crippen molar-refractivity contribution in [2.75, 3.05) is 25.5 Å². The average Bonchev–Trinajstić information content (AvgIpc) is 3.13. The Morgan fingerprint density at radius 2 is 2.00 bits per heavy atom. The summed E-state index contributed by atoms with van der Waals surface area (Å²) in [4.78, 5) is 26.0. The van der Waals surface area contributed by atoms with Crippen molar-refractivity contribution >= 4 is 29.3 Å². The fourth-order valence-corrected chi connectivity index (χ4v) is 3.54. The number of rotatable bonds is 3. The summed E-state index contributed by atoms with van der Waals surface area (Å²) in [7, 11) is 1.34. The minimum Gasteiger partial charge on any atom is -0.465 e. The van der Waals surface area contributed by atoms with Gasteiger partial charge in [0.1, 0.15) is 0 Å². The number of anilines is 1. The van der Waals surface area contributed by atoms with Gasteiger partial charge in [0.25, 0.3) is 0 Å². The summed E-state index contributed by atoms with van der Waals surface area (Å²) in [6.07, 6.45) is 0.886. The largest absolute Gasteiger partial charge is 0.465 e. The number of carbonyl (C=O) groups is 2. The Labute approximate surface area is 157 Å². The van der Waals surface area contributed by atoms with Crippen LogP contribution in [-0.4, -0.2) is 37.1 Å². The molecule has 2 amide bonds. The molecule has 1 aliphatic heterocycles. The maximum Gasteiger partial charge on any atom is 0.337 e. The maximum absolute atomic E-state index is 12.6. The van der Waals surface area contributed by atoms with E-state index in [0.29, 0.717) is 24.3 Å². The highest BCUT2D eigenvalue weighted by Crippen LogP contribution is 2.32. The van der Waals surface area contributed by atoms with E-state index in [-0.39, 0.29) is 11.9 Å². The Bertz CT molecular complexity index is 838. The minimum absolute atomic E-state index is 0.145. The SMILES string of the molecule is COC(=O)c1ccc(NC(=O)N2CC[C@H](c3ccccc3Cl)C2)c(C)c1. The van der Waals surface area contributed by atoms with Crippen molar-refractivity contribution in [2.24, 2.45) is 0 Å². The predicted octanol–water partition coefficient (Wildman–Crippen LogP) is 4.46. The zero-order chi connectivity index (χ0) is 18.7. The second-order valence-electron chi connectivity index (χ2n) is 6.40. The van der Waals surface area contributed by atoms with Gasteiger partial charge in [-0.15, -0.1) is 0 Å². The monoisotopic (exact) mass is 372 g/mol. The number of carbonyl (C=O) groups excluding carboxylic acids is 2. The molecule has 3 rings (SSSR count). The number of nitrogens with zero attached hydrogens (tertiary/aromatic N) is 1. The van der Waals surface area contributed by atoms with Crippen LogP contribution in [0.2, 0.25) is 5.02 Å². The molecule has 1 atom stereocenters. The van der Waals surface area contributed by atoms with Crippen LogP contribution in [-0.2, 0) is 4.74 Å². The average molecular weight is 373 g/mol. The molecule has 0 aromatic heterocycles. The van der Waals surface area contributed by atoms with Gasteiger partial charge in [0.05, 0.1) is 12.7 Å². The molecule has 0 spiro atoms. The first-order valence-corrected chi connectivity index (χ1v) is 8.86. The van der Waals surface area contributed by atoms with Crippen LogP contribution in [0.1, 0.15) is 33.8 Å². The third-order valence-corrected chi connectivity index (χ3v) is 5.05. The Morgan fingerprint density at radius 1 is 1.23 bits per heavy atom. The normalized spacial score (nSPS) is 16.4. The number of amides is 2. The molecule has 0 radical (unpaired) electrons. The van der Waals surface area contributed by atoms with Crippen LogP contribution in [0.4, 0.5) is 10.5 Å². The molecule has 2 aromatic rings. The molecule has 1 fully saturated rings. The van der Waals surface area contributed by atoms with Gasteiger partial charge in [0, 0.05) is 29.7 Å². The highest BCUT2D eigenvalue weighted by Gasteiger charge is 2.28. The van der Waals surface area contributed by atoms with Crippen LogP contribution in [0.3, 0.4) is 0 Å². The predicted molar refractivity (Wildman–Crippen MR) is 102 cm³/mol. The molecule has 6 heteroatoms. The topological polar surface area (TPSA) is 58.6 Å². The summed E-state index contributed by atoms with van der Waals surface area (Å²) in [6, 6.07) is 12.7. The fourth-order valence-electron chi connectivity index (χ4n) is 3.25. The second-order valence-corrected chi connectivity index (χ2v) is 6.81. The number of benzene rings is 2. The molecule has 26 heavy (non-hydrogen) atoms. The van der Waals surface area contributed by atoms with Crippen molar-refractivity contribution in [1.29, 1.82) is 0 Å². The number of nitrogens with one attached hydrogen (secondary N) is 1. The zero-order valence-corrected chi connectivity index (χ0v) is 15.5. The lowest BCUT2D eigenvalue weighted by Gasteiger charge is -2.19. The zero-order valence-electron chi connectivity index (χ0n) is 14.8. The van der Waals surface area contributed by atoms with Crippen LogP contribution in [0, 0.1) is 6.92 Å². The first kappa shape index (κ1) is 18.3. The third kappa shape index (κ3) is 3.83. The Balaban J connectivity index is 1.66. The number of halogens is 1. The molecule has 1 N–H and O–H groups in total. The minimum atomic E-state index is -0.395. The van der Waals surface area contributed by atoms with E-state index < -0.39 is 5.97 Å². The van der Waals surface area contributed by atoms with Gasteiger partial charge in [-0.3, -0.25) is 0 Å². The van der Waals surface area contributed by atoms with Gasteiger partial charge in [-0.25, -0.2) is 9.59 Å². The molecule has 1 aliphatic rings. The molecule has 2 aromatic carbocycles. The Hall–Kier alpha value is -2.53. The lowest BCUT2D eigenvalue weighted by atomic mass is 9.98. The van der Waals surface area contributed by atoms with Gasteiger partial charge in [-0.2, -0.15) is 0 Å². The number of hydrogen-bond donors (Lipinski definition) is 1. The first-order valence-electron chi connectivity index (χ1n) is 8.49. The number of urea groups is 1. The van der Waals surface area contributed by atoms with E-state index in [4.69, 9.17) is 16.3 Å². The number of esters is 1.